The lowest BCUT2D eigenvalue weighted by Crippen LogP contribution is -2.06. The maximum atomic E-state index is 10.4. The topological polar surface area (TPSA) is 60.7 Å². The van der Waals surface area contributed by atoms with Gasteiger partial charge in [0.1, 0.15) is 0 Å². The van der Waals surface area contributed by atoms with Crippen LogP contribution in [0.2, 0.25) is 0 Å². The number of aryl methyl sites for hydroxylation is 1. The highest BCUT2D eigenvalue weighted by Crippen LogP contribution is 2.42. The minimum Gasteiger partial charge on any atom is -0.504 e. The van der Waals surface area contributed by atoms with E-state index >= 15 is 0 Å². The van der Waals surface area contributed by atoms with Crippen molar-refractivity contribution in [1.29, 1.82) is 0 Å². The third kappa shape index (κ3) is 5.91. The molecule has 0 amide bonds. The summed E-state index contributed by atoms with van der Waals surface area (Å²) >= 11 is 0. The molecule has 0 heterocycles. The Bertz CT molecular complexity index is 787. The van der Waals surface area contributed by atoms with Crippen LogP contribution in [0.25, 0.3) is 0 Å². The summed E-state index contributed by atoms with van der Waals surface area (Å²) < 4.78 is 0. The number of rotatable bonds is 8. The van der Waals surface area contributed by atoms with Gasteiger partial charge in [0, 0.05) is 12.0 Å². The number of hydrogen-bond acceptors (Lipinski definition) is 3. The summed E-state index contributed by atoms with van der Waals surface area (Å²) in [5, 5.41) is 30.9. The fourth-order valence-electron chi connectivity index (χ4n) is 4.63. The van der Waals surface area contributed by atoms with Crippen molar-refractivity contribution in [2.75, 3.05) is 0 Å². The van der Waals surface area contributed by atoms with Crippen LogP contribution in [0.5, 0.6) is 17.2 Å². The highest BCUT2D eigenvalue weighted by Gasteiger charge is 2.18. The fourth-order valence-corrected chi connectivity index (χ4v) is 4.63. The van der Waals surface area contributed by atoms with E-state index < -0.39 is 0 Å². The maximum Gasteiger partial charge on any atom is 0.200 e. The van der Waals surface area contributed by atoms with Gasteiger partial charge in [-0.3, -0.25) is 0 Å². The number of benzene rings is 2. The van der Waals surface area contributed by atoms with E-state index in [0.29, 0.717) is 17.9 Å². The van der Waals surface area contributed by atoms with Crippen LogP contribution in [0, 0.1) is 11.8 Å². The van der Waals surface area contributed by atoms with E-state index in [-0.39, 0.29) is 17.2 Å². The minimum atomic E-state index is -0.383. The lowest BCUT2D eigenvalue weighted by atomic mass is 9.85. The van der Waals surface area contributed by atoms with Gasteiger partial charge in [0.2, 0.25) is 5.75 Å². The maximum absolute atomic E-state index is 10.4. The normalized spacial score (nSPS) is 15.1. The van der Waals surface area contributed by atoms with Crippen LogP contribution >= 0.6 is 0 Å². The zero-order chi connectivity index (χ0) is 20.8. The second-order valence-corrected chi connectivity index (χ2v) is 9.23. The van der Waals surface area contributed by atoms with E-state index in [1.54, 1.807) is 0 Å². The molecule has 3 rings (SSSR count). The zero-order valence-electron chi connectivity index (χ0n) is 18.0. The predicted molar refractivity (Wildman–Crippen MR) is 119 cm³/mol. The Labute approximate surface area is 175 Å². The van der Waals surface area contributed by atoms with Gasteiger partial charge in [0.15, 0.2) is 11.5 Å². The Balaban J connectivity index is 1.68. The molecule has 0 spiro atoms. The Kier molecular flexibility index (Phi) is 7.46. The molecule has 3 N–H and O–H groups in total. The van der Waals surface area contributed by atoms with Crippen molar-refractivity contribution in [2.45, 2.75) is 78.1 Å². The van der Waals surface area contributed by atoms with Crippen molar-refractivity contribution in [3.8, 4) is 17.2 Å². The number of phenols is 3. The highest BCUT2D eigenvalue weighted by molar-refractivity contribution is 5.58. The summed E-state index contributed by atoms with van der Waals surface area (Å²) in [7, 11) is 0. The van der Waals surface area contributed by atoms with Crippen LogP contribution in [0.3, 0.4) is 0 Å². The predicted octanol–water partition coefficient (Wildman–Crippen LogP) is 6.50. The van der Waals surface area contributed by atoms with Crippen LogP contribution < -0.4 is 0 Å². The van der Waals surface area contributed by atoms with Crippen molar-refractivity contribution in [3.05, 3.63) is 52.6 Å². The molecule has 0 bridgehead atoms. The molecule has 2 aromatic carbocycles. The Morgan fingerprint density at radius 1 is 0.828 bits per heavy atom. The first-order valence-electron chi connectivity index (χ1n) is 11.3. The van der Waals surface area contributed by atoms with Crippen molar-refractivity contribution >= 4 is 0 Å². The Hall–Kier alpha value is -2.16. The quantitative estimate of drug-likeness (QED) is 0.447. The van der Waals surface area contributed by atoms with Gasteiger partial charge in [-0.25, -0.2) is 0 Å². The molecule has 0 atom stereocenters. The van der Waals surface area contributed by atoms with Crippen molar-refractivity contribution < 1.29 is 15.3 Å². The van der Waals surface area contributed by atoms with E-state index in [1.807, 2.05) is 6.07 Å². The molecule has 3 nitrogen and oxygen atoms in total. The molecule has 0 aromatic heterocycles. The molecular weight excluding hydrogens is 360 g/mol. The molecule has 29 heavy (non-hydrogen) atoms. The first-order chi connectivity index (χ1) is 13.9. The molecule has 3 heteroatoms. The van der Waals surface area contributed by atoms with Gasteiger partial charge in [-0.1, -0.05) is 76.6 Å². The van der Waals surface area contributed by atoms with E-state index in [9.17, 15) is 15.3 Å². The SMILES string of the molecule is CC(C)Cc1ccc(Cc2cc(CCCC3CCCCC3)c(O)c(O)c2O)cc1. The third-order valence-electron chi connectivity index (χ3n) is 6.25. The van der Waals surface area contributed by atoms with Gasteiger partial charge >= 0.3 is 0 Å². The summed E-state index contributed by atoms with van der Waals surface area (Å²) in [5.41, 5.74) is 3.81. The zero-order valence-corrected chi connectivity index (χ0v) is 18.0. The summed E-state index contributed by atoms with van der Waals surface area (Å²) in [6.45, 7) is 4.42. The summed E-state index contributed by atoms with van der Waals surface area (Å²) in [5.74, 6) is 0.675. The molecule has 1 aliphatic carbocycles. The third-order valence-corrected chi connectivity index (χ3v) is 6.25. The average Bonchev–Trinajstić information content (AvgIpc) is 2.71. The van der Waals surface area contributed by atoms with Crippen LogP contribution in [-0.2, 0) is 19.3 Å². The van der Waals surface area contributed by atoms with Gasteiger partial charge in [-0.2, -0.15) is 0 Å². The summed E-state index contributed by atoms with van der Waals surface area (Å²) in [6.07, 6.45) is 11.2. The minimum absolute atomic E-state index is 0.165. The largest absolute Gasteiger partial charge is 0.504 e. The van der Waals surface area contributed by atoms with E-state index in [4.69, 9.17) is 0 Å². The molecule has 0 radical (unpaired) electrons. The first-order valence-corrected chi connectivity index (χ1v) is 11.3. The molecule has 1 aliphatic rings. The molecule has 0 unspecified atom stereocenters. The molecule has 2 aromatic rings. The smallest absolute Gasteiger partial charge is 0.200 e. The van der Waals surface area contributed by atoms with Gasteiger partial charge in [0.25, 0.3) is 0 Å². The molecule has 158 valence electrons. The van der Waals surface area contributed by atoms with Crippen molar-refractivity contribution in [3.63, 3.8) is 0 Å². The summed E-state index contributed by atoms with van der Waals surface area (Å²) in [6, 6.07) is 10.3. The Morgan fingerprint density at radius 2 is 1.45 bits per heavy atom. The molecule has 0 aliphatic heterocycles. The summed E-state index contributed by atoms with van der Waals surface area (Å²) in [4.78, 5) is 0. The second-order valence-electron chi connectivity index (χ2n) is 9.23. The van der Waals surface area contributed by atoms with E-state index in [0.717, 1.165) is 36.3 Å². The van der Waals surface area contributed by atoms with Crippen LogP contribution in [0.1, 0.15) is 81.0 Å². The van der Waals surface area contributed by atoms with E-state index in [2.05, 4.69) is 38.1 Å². The average molecular weight is 397 g/mol. The molecular formula is C26H36O3. The molecule has 1 fully saturated rings. The highest BCUT2D eigenvalue weighted by atomic mass is 16.3. The van der Waals surface area contributed by atoms with Crippen LogP contribution in [0.15, 0.2) is 30.3 Å². The monoisotopic (exact) mass is 396 g/mol. The van der Waals surface area contributed by atoms with Gasteiger partial charge in [0.05, 0.1) is 0 Å². The standard InChI is InChI=1S/C26H36O3/c1-18(2)15-20-11-13-21(14-12-20)16-23-17-22(24(27)26(29)25(23)28)10-6-9-19-7-4-3-5-8-19/h11-14,17-19,27-29H,3-10,15-16H2,1-2H3. The Morgan fingerprint density at radius 3 is 2.10 bits per heavy atom. The van der Waals surface area contributed by atoms with Gasteiger partial charge in [-0.05, 0) is 53.9 Å². The molecule has 0 saturated heterocycles. The molecule has 1 saturated carbocycles. The van der Waals surface area contributed by atoms with Crippen molar-refractivity contribution in [2.24, 2.45) is 11.8 Å². The van der Waals surface area contributed by atoms with E-state index in [1.165, 1.54) is 44.1 Å². The van der Waals surface area contributed by atoms with Crippen LogP contribution in [0.4, 0.5) is 0 Å². The lowest BCUT2D eigenvalue weighted by molar-refractivity contribution is 0.330. The van der Waals surface area contributed by atoms with Gasteiger partial charge in [-0.15, -0.1) is 0 Å². The lowest BCUT2D eigenvalue weighted by Gasteiger charge is -2.21. The number of hydrogen-bond donors (Lipinski definition) is 3. The van der Waals surface area contributed by atoms with Crippen molar-refractivity contribution in [1.82, 2.24) is 0 Å². The first kappa shape index (κ1) is 21.5. The van der Waals surface area contributed by atoms with Gasteiger partial charge < -0.3 is 15.3 Å². The van der Waals surface area contributed by atoms with Crippen LogP contribution in [-0.4, -0.2) is 15.3 Å². The fraction of sp³-hybridized carbons (Fsp3) is 0.538. The second kappa shape index (κ2) is 10.0. The number of phenolic OH excluding ortho intramolecular Hbond substituents is 3. The number of aromatic hydroxyl groups is 3.